The Hall–Kier alpha value is -0.380. The Kier molecular flexibility index (Phi) is 5.87. The van der Waals surface area contributed by atoms with Crippen LogP contribution in [-0.4, -0.2) is 17.8 Å². The highest BCUT2D eigenvalue weighted by Crippen LogP contribution is 2.49. The van der Waals surface area contributed by atoms with Crippen molar-refractivity contribution in [2.75, 3.05) is 6.54 Å². The lowest BCUT2D eigenvalue weighted by Crippen LogP contribution is -2.41. The molecule has 0 heterocycles. The van der Waals surface area contributed by atoms with E-state index in [0.717, 1.165) is 29.3 Å². The predicted molar refractivity (Wildman–Crippen MR) is 92.3 cm³/mol. The molecule has 2 nitrogen and oxygen atoms in total. The van der Waals surface area contributed by atoms with Crippen LogP contribution in [0.3, 0.4) is 0 Å². The molecule has 118 valence electrons. The molecule has 1 aliphatic rings. The van der Waals surface area contributed by atoms with E-state index in [2.05, 4.69) is 41.9 Å². The fourth-order valence-corrected chi connectivity index (χ4v) is 4.54. The van der Waals surface area contributed by atoms with Crippen molar-refractivity contribution < 1.29 is 5.11 Å². The number of hydrogen-bond donors (Lipinski definition) is 2. The molecule has 3 heteroatoms. The normalized spacial score (nSPS) is 20.7. The van der Waals surface area contributed by atoms with Crippen LogP contribution in [0.1, 0.15) is 57.4 Å². The molecule has 0 aromatic heterocycles. The topological polar surface area (TPSA) is 46.2 Å². The first kappa shape index (κ1) is 17.0. The summed E-state index contributed by atoms with van der Waals surface area (Å²) in [5.74, 6) is 0.637. The van der Waals surface area contributed by atoms with Gasteiger partial charge in [-0.25, -0.2) is 0 Å². The molecular formula is C18H28BrNO. The number of aliphatic hydroxyl groups excluding tert-OH is 1. The van der Waals surface area contributed by atoms with E-state index in [1.165, 1.54) is 12.8 Å². The highest BCUT2D eigenvalue weighted by atomic mass is 79.9. The quantitative estimate of drug-likeness (QED) is 0.792. The zero-order chi connectivity index (χ0) is 15.5. The van der Waals surface area contributed by atoms with Gasteiger partial charge in [-0.05, 0) is 48.3 Å². The van der Waals surface area contributed by atoms with E-state index in [4.69, 9.17) is 5.73 Å². The van der Waals surface area contributed by atoms with Gasteiger partial charge < -0.3 is 10.8 Å². The zero-order valence-corrected chi connectivity index (χ0v) is 14.8. The van der Waals surface area contributed by atoms with E-state index in [1.807, 2.05) is 12.1 Å². The molecule has 21 heavy (non-hydrogen) atoms. The third kappa shape index (κ3) is 3.88. The van der Waals surface area contributed by atoms with Crippen LogP contribution >= 0.6 is 15.9 Å². The van der Waals surface area contributed by atoms with Crippen LogP contribution in [0.5, 0.6) is 0 Å². The van der Waals surface area contributed by atoms with E-state index < -0.39 is 0 Å². The zero-order valence-electron chi connectivity index (χ0n) is 13.2. The first-order chi connectivity index (χ1) is 9.98. The van der Waals surface area contributed by atoms with Crippen LogP contribution in [0.25, 0.3) is 0 Å². The largest absolute Gasteiger partial charge is 0.392 e. The van der Waals surface area contributed by atoms with E-state index in [1.54, 1.807) is 0 Å². The van der Waals surface area contributed by atoms with Gasteiger partial charge in [-0.3, -0.25) is 0 Å². The number of rotatable bonds is 6. The summed E-state index contributed by atoms with van der Waals surface area (Å²) in [4.78, 5) is 0. The molecule has 1 saturated carbocycles. The van der Waals surface area contributed by atoms with Crippen LogP contribution in [0.15, 0.2) is 28.7 Å². The van der Waals surface area contributed by atoms with E-state index >= 15 is 0 Å². The van der Waals surface area contributed by atoms with Gasteiger partial charge in [0.15, 0.2) is 0 Å². The molecule has 0 spiro atoms. The standard InChI is InChI=1S/C18H28BrNO/c1-13(2)11-18(8-3-4-9-18)17(21)16(12-20)14-6-5-7-15(19)10-14/h5-7,10,13,16-17,21H,3-4,8-9,11-12,20H2,1-2H3. The number of hydrogen-bond acceptors (Lipinski definition) is 2. The molecule has 0 radical (unpaired) electrons. The summed E-state index contributed by atoms with van der Waals surface area (Å²) in [7, 11) is 0. The first-order valence-corrected chi connectivity index (χ1v) is 8.91. The van der Waals surface area contributed by atoms with Gasteiger partial charge in [0.1, 0.15) is 0 Å². The molecule has 0 aliphatic heterocycles. The number of aliphatic hydroxyl groups is 1. The van der Waals surface area contributed by atoms with Gasteiger partial charge in [0.2, 0.25) is 0 Å². The second-order valence-electron chi connectivity index (χ2n) is 7.01. The Balaban J connectivity index is 2.27. The average Bonchev–Trinajstić information content (AvgIpc) is 2.88. The third-order valence-electron chi connectivity index (χ3n) is 4.95. The molecule has 2 atom stereocenters. The maximum atomic E-state index is 11.2. The summed E-state index contributed by atoms with van der Waals surface area (Å²) >= 11 is 3.52. The fraction of sp³-hybridized carbons (Fsp3) is 0.667. The van der Waals surface area contributed by atoms with E-state index in [-0.39, 0.29) is 17.4 Å². The van der Waals surface area contributed by atoms with Crippen molar-refractivity contribution in [2.24, 2.45) is 17.1 Å². The predicted octanol–water partition coefficient (Wildman–Crippen LogP) is 4.46. The van der Waals surface area contributed by atoms with Gasteiger partial charge in [0.25, 0.3) is 0 Å². The van der Waals surface area contributed by atoms with Crippen LogP contribution in [-0.2, 0) is 0 Å². The monoisotopic (exact) mass is 353 g/mol. The van der Waals surface area contributed by atoms with Crippen molar-refractivity contribution in [1.82, 2.24) is 0 Å². The smallest absolute Gasteiger partial charge is 0.0677 e. The summed E-state index contributed by atoms with van der Waals surface area (Å²) < 4.78 is 1.05. The SMILES string of the molecule is CC(C)CC1(C(O)C(CN)c2cccc(Br)c2)CCCC1. The van der Waals surface area contributed by atoms with Crippen LogP contribution in [0.4, 0.5) is 0 Å². The Morgan fingerprint density at radius 3 is 2.48 bits per heavy atom. The number of nitrogens with two attached hydrogens (primary N) is 1. The minimum absolute atomic E-state index is 0.0272. The van der Waals surface area contributed by atoms with Gasteiger partial charge in [0, 0.05) is 16.9 Å². The molecule has 1 aromatic carbocycles. The van der Waals surface area contributed by atoms with E-state index in [0.29, 0.717) is 12.5 Å². The molecule has 3 N–H and O–H groups in total. The third-order valence-corrected chi connectivity index (χ3v) is 5.45. The van der Waals surface area contributed by atoms with Crippen molar-refractivity contribution in [3.8, 4) is 0 Å². The van der Waals surface area contributed by atoms with Crippen molar-refractivity contribution >= 4 is 15.9 Å². The molecule has 2 rings (SSSR count). The van der Waals surface area contributed by atoms with Crippen molar-refractivity contribution in [3.63, 3.8) is 0 Å². The molecular weight excluding hydrogens is 326 g/mol. The number of halogens is 1. The maximum Gasteiger partial charge on any atom is 0.0677 e. The molecule has 0 amide bonds. The van der Waals surface area contributed by atoms with Gasteiger partial charge >= 0.3 is 0 Å². The molecule has 1 aliphatic carbocycles. The highest BCUT2D eigenvalue weighted by Gasteiger charge is 2.44. The molecule has 1 aromatic rings. The lowest BCUT2D eigenvalue weighted by molar-refractivity contribution is -0.00504. The van der Waals surface area contributed by atoms with Gasteiger partial charge in [-0.15, -0.1) is 0 Å². The maximum absolute atomic E-state index is 11.2. The van der Waals surface area contributed by atoms with Crippen molar-refractivity contribution in [1.29, 1.82) is 0 Å². The van der Waals surface area contributed by atoms with E-state index in [9.17, 15) is 5.11 Å². The summed E-state index contributed by atoms with van der Waals surface area (Å²) in [5, 5.41) is 11.2. The van der Waals surface area contributed by atoms with Crippen LogP contribution < -0.4 is 5.73 Å². The average molecular weight is 354 g/mol. The molecule has 0 saturated heterocycles. The Bertz CT molecular complexity index is 454. The Morgan fingerprint density at radius 2 is 1.95 bits per heavy atom. The first-order valence-electron chi connectivity index (χ1n) is 8.12. The van der Waals surface area contributed by atoms with Crippen molar-refractivity contribution in [3.05, 3.63) is 34.3 Å². The minimum atomic E-state index is -0.346. The second kappa shape index (κ2) is 7.26. The number of benzene rings is 1. The van der Waals surface area contributed by atoms with Gasteiger partial charge in [-0.1, -0.05) is 54.8 Å². The second-order valence-corrected chi connectivity index (χ2v) is 7.93. The summed E-state index contributed by atoms with van der Waals surface area (Å²) in [6.07, 6.45) is 5.49. The molecule has 2 unspecified atom stereocenters. The minimum Gasteiger partial charge on any atom is -0.392 e. The highest BCUT2D eigenvalue weighted by molar-refractivity contribution is 9.10. The molecule has 0 bridgehead atoms. The lowest BCUT2D eigenvalue weighted by atomic mass is 9.69. The lowest BCUT2D eigenvalue weighted by Gasteiger charge is -2.40. The summed E-state index contributed by atoms with van der Waals surface area (Å²) in [5.41, 5.74) is 7.24. The Labute approximate surface area is 137 Å². The van der Waals surface area contributed by atoms with Crippen LogP contribution in [0, 0.1) is 11.3 Å². The van der Waals surface area contributed by atoms with Crippen LogP contribution in [0.2, 0.25) is 0 Å². The fourth-order valence-electron chi connectivity index (χ4n) is 4.12. The van der Waals surface area contributed by atoms with Gasteiger partial charge in [0.05, 0.1) is 6.10 Å². The van der Waals surface area contributed by atoms with Gasteiger partial charge in [-0.2, -0.15) is 0 Å². The molecule has 1 fully saturated rings. The summed E-state index contributed by atoms with van der Waals surface area (Å²) in [6.45, 7) is 5.00. The Morgan fingerprint density at radius 1 is 1.29 bits per heavy atom. The van der Waals surface area contributed by atoms with Crippen molar-refractivity contribution in [2.45, 2.75) is 58.0 Å². The summed E-state index contributed by atoms with van der Waals surface area (Å²) in [6, 6.07) is 8.23.